The zero-order chi connectivity index (χ0) is 16.1. The average molecular weight is 327 g/mol. The summed E-state index contributed by atoms with van der Waals surface area (Å²) in [5.74, 6) is 0.0500. The van der Waals surface area contributed by atoms with E-state index in [1.807, 2.05) is 35.0 Å². The van der Waals surface area contributed by atoms with Crippen LogP contribution in [0.1, 0.15) is 25.9 Å². The number of Topliss-reactive ketones (excluding diaryl/α,β-unsaturated/α-hetero) is 1. The van der Waals surface area contributed by atoms with E-state index in [1.54, 1.807) is 18.6 Å². The molecule has 118 valence electrons. The molecule has 5 nitrogen and oxygen atoms in total. The molecule has 3 aromatic rings. The molecule has 0 spiro atoms. The van der Waals surface area contributed by atoms with Gasteiger partial charge in [0, 0.05) is 49.2 Å². The van der Waals surface area contributed by atoms with Crippen LogP contribution in [0.4, 0.5) is 0 Å². The zero-order valence-corrected chi connectivity index (χ0v) is 13.4. The lowest BCUT2D eigenvalue weighted by atomic mass is 10.2. The molecule has 0 aliphatic heterocycles. The van der Waals surface area contributed by atoms with Crippen molar-refractivity contribution in [2.75, 3.05) is 6.61 Å². The van der Waals surface area contributed by atoms with Crippen molar-refractivity contribution in [3.8, 4) is 0 Å². The van der Waals surface area contributed by atoms with Crippen LogP contribution in [0, 0.1) is 0 Å². The molecular formula is C17H17N3O2S. The van der Waals surface area contributed by atoms with Crippen molar-refractivity contribution in [2.24, 2.45) is 0 Å². The Kier molecular flexibility index (Phi) is 4.95. The molecule has 0 atom stereocenters. The molecule has 6 heteroatoms. The van der Waals surface area contributed by atoms with E-state index in [9.17, 15) is 4.79 Å². The second-order valence-electron chi connectivity index (χ2n) is 5.17. The Balaban J connectivity index is 1.71. The van der Waals surface area contributed by atoms with Crippen molar-refractivity contribution in [1.82, 2.24) is 14.5 Å². The standard InChI is InChI=1S/C17H17N3O2S/c21-9-5-14-11-19-17(23-14)10-16(22)15-2-1-8-20(15)12-13-3-6-18-7-4-13/h1-4,6-8,11,21H,5,9-10,12H2. The summed E-state index contributed by atoms with van der Waals surface area (Å²) in [6.45, 7) is 0.745. The maximum atomic E-state index is 12.5. The van der Waals surface area contributed by atoms with Gasteiger partial charge in [-0.05, 0) is 29.8 Å². The number of nitrogens with zero attached hydrogens (tertiary/aromatic N) is 3. The van der Waals surface area contributed by atoms with Crippen molar-refractivity contribution >= 4 is 17.1 Å². The molecule has 0 bridgehead atoms. The molecule has 0 unspecified atom stereocenters. The van der Waals surface area contributed by atoms with Crippen LogP contribution in [0.2, 0.25) is 0 Å². The first-order valence-electron chi connectivity index (χ1n) is 7.38. The fraction of sp³-hybridized carbons (Fsp3) is 0.235. The summed E-state index contributed by atoms with van der Waals surface area (Å²) in [6, 6.07) is 7.60. The van der Waals surface area contributed by atoms with Crippen LogP contribution >= 0.6 is 11.3 Å². The Morgan fingerprint density at radius 2 is 2.09 bits per heavy atom. The molecule has 0 radical (unpaired) electrons. The highest BCUT2D eigenvalue weighted by molar-refractivity contribution is 7.11. The van der Waals surface area contributed by atoms with Crippen LogP contribution < -0.4 is 0 Å². The Labute approximate surface area is 138 Å². The first-order chi connectivity index (χ1) is 11.3. The Hall–Kier alpha value is -2.31. The van der Waals surface area contributed by atoms with Gasteiger partial charge in [-0.25, -0.2) is 4.98 Å². The van der Waals surface area contributed by atoms with Crippen molar-refractivity contribution < 1.29 is 9.90 Å². The Morgan fingerprint density at radius 3 is 2.87 bits per heavy atom. The van der Waals surface area contributed by atoms with E-state index in [4.69, 9.17) is 5.11 Å². The minimum atomic E-state index is 0.0500. The van der Waals surface area contributed by atoms with E-state index < -0.39 is 0 Å². The third-order valence-electron chi connectivity index (χ3n) is 3.49. The highest BCUT2D eigenvalue weighted by Crippen LogP contribution is 2.17. The van der Waals surface area contributed by atoms with Gasteiger partial charge in [-0.2, -0.15) is 0 Å². The SMILES string of the molecule is O=C(Cc1ncc(CCO)s1)c1cccn1Cc1ccncc1. The zero-order valence-electron chi connectivity index (χ0n) is 12.6. The van der Waals surface area contributed by atoms with E-state index in [2.05, 4.69) is 9.97 Å². The number of hydrogen-bond acceptors (Lipinski definition) is 5. The summed E-state index contributed by atoms with van der Waals surface area (Å²) in [6.07, 6.45) is 8.02. The molecule has 0 amide bonds. The molecule has 0 aliphatic rings. The van der Waals surface area contributed by atoms with Crippen LogP contribution in [-0.2, 0) is 19.4 Å². The van der Waals surface area contributed by atoms with Gasteiger partial charge in [0.05, 0.1) is 12.1 Å². The maximum Gasteiger partial charge on any atom is 0.186 e. The number of aromatic nitrogens is 3. The third-order valence-corrected chi connectivity index (χ3v) is 4.55. The molecule has 0 saturated carbocycles. The largest absolute Gasteiger partial charge is 0.396 e. The first kappa shape index (κ1) is 15.6. The number of ketones is 1. The fourth-order valence-corrected chi connectivity index (χ4v) is 3.28. The lowest BCUT2D eigenvalue weighted by Crippen LogP contribution is -2.11. The quantitative estimate of drug-likeness (QED) is 0.676. The minimum absolute atomic E-state index is 0.0500. The predicted molar refractivity (Wildman–Crippen MR) is 88.7 cm³/mol. The summed E-state index contributed by atoms with van der Waals surface area (Å²) in [5.41, 5.74) is 1.78. The van der Waals surface area contributed by atoms with Gasteiger partial charge in [0.1, 0.15) is 5.01 Å². The van der Waals surface area contributed by atoms with Gasteiger partial charge in [0.2, 0.25) is 0 Å². The number of hydrogen-bond donors (Lipinski definition) is 1. The van der Waals surface area contributed by atoms with Gasteiger partial charge in [0.25, 0.3) is 0 Å². The van der Waals surface area contributed by atoms with Crippen LogP contribution in [0.25, 0.3) is 0 Å². The van der Waals surface area contributed by atoms with Gasteiger partial charge in [-0.3, -0.25) is 9.78 Å². The van der Waals surface area contributed by atoms with Crippen molar-refractivity contribution in [1.29, 1.82) is 0 Å². The molecule has 0 aliphatic carbocycles. The molecular weight excluding hydrogens is 310 g/mol. The summed E-state index contributed by atoms with van der Waals surface area (Å²) < 4.78 is 1.94. The Bertz CT molecular complexity index is 780. The smallest absolute Gasteiger partial charge is 0.186 e. The van der Waals surface area contributed by atoms with Gasteiger partial charge < -0.3 is 9.67 Å². The second-order valence-corrected chi connectivity index (χ2v) is 6.37. The highest BCUT2D eigenvalue weighted by atomic mass is 32.1. The molecule has 0 saturated heterocycles. The number of carbonyl (C=O) groups excluding carboxylic acids is 1. The van der Waals surface area contributed by atoms with Crippen LogP contribution in [0.15, 0.2) is 49.1 Å². The van der Waals surface area contributed by atoms with Crippen molar-refractivity contribution in [2.45, 2.75) is 19.4 Å². The molecule has 3 rings (SSSR count). The molecule has 0 aromatic carbocycles. The number of rotatable bonds is 7. The van der Waals surface area contributed by atoms with E-state index in [0.29, 0.717) is 18.7 Å². The van der Waals surface area contributed by atoms with Gasteiger partial charge in [-0.15, -0.1) is 11.3 Å². The van der Waals surface area contributed by atoms with Gasteiger partial charge >= 0.3 is 0 Å². The number of thiazole rings is 1. The van der Waals surface area contributed by atoms with Crippen molar-refractivity contribution in [3.63, 3.8) is 0 Å². The summed E-state index contributed by atoms with van der Waals surface area (Å²) in [7, 11) is 0. The average Bonchev–Trinajstić information content (AvgIpc) is 3.18. The summed E-state index contributed by atoms with van der Waals surface area (Å²) >= 11 is 1.48. The summed E-state index contributed by atoms with van der Waals surface area (Å²) in [5, 5.41) is 9.73. The molecule has 1 N–H and O–H groups in total. The highest BCUT2D eigenvalue weighted by Gasteiger charge is 2.14. The lowest BCUT2D eigenvalue weighted by molar-refractivity contribution is 0.0984. The van der Waals surface area contributed by atoms with E-state index in [-0.39, 0.29) is 18.8 Å². The second kappa shape index (κ2) is 7.30. The molecule has 0 fully saturated rings. The van der Waals surface area contributed by atoms with E-state index in [1.165, 1.54) is 11.3 Å². The maximum absolute atomic E-state index is 12.5. The molecule has 23 heavy (non-hydrogen) atoms. The van der Waals surface area contributed by atoms with Crippen LogP contribution in [0.5, 0.6) is 0 Å². The predicted octanol–water partition coefficient (Wildman–Crippen LogP) is 2.35. The van der Waals surface area contributed by atoms with E-state index in [0.717, 1.165) is 15.4 Å². The molecule has 3 aromatic heterocycles. The summed E-state index contributed by atoms with van der Waals surface area (Å²) in [4.78, 5) is 21.8. The topological polar surface area (TPSA) is 68.0 Å². The minimum Gasteiger partial charge on any atom is -0.396 e. The fourth-order valence-electron chi connectivity index (χ4n) is 2.37. The normalized spacial score (nSPS) is 10.8. The monoisotopic (exact) mass is 327 g/mol. The first-order valence-corrected chi connectivity index (χ1v) is 8.19. The number of aliphatic hydroxyl groups is 1. The van der Waals surface area contributed by atoms with Gasteiger partial charge in [0.15, 0.2) is 5.78 Å². The number of pyridine rings is 1. The van der Waals surface area contributed by atoms with Crippen LogP contribution in [-0.4, -0.2) is 32.0 Å². The lowest BCUT2D eigenvalue weighted by Gasteiger charge is -2.08. The van der Waals surface area contributed by atoms with Crippen LogP contribution in [0.3, 0.4) is 0 Å². The number of carbonyl (C=O) groups is 1. The van der Waals surface area contributed by atoms with Crippen molar-refractivity contribution in [3.05, 3.63) is 70.2 Å². The van der Waals surface area contributed by atoms with Gasteiger partial charge in [-0.1, -0.05) is 0 Å². The van der Waals surface area contributed by atoms with E-state index >= 15 is 0 Å². The Morgan fingerprint density at radius 1 is 1.26 bits per heavy atom. The molecule has 3 heterocycles. The third kappa shape index (κ3) is 3.91. The number of aliphatic hydroxyl groups excluding tert-OH is 1.